The molecule has 13 heteroatoms. The highest BCUT2D eigenvalue weighted by Gasteiger charge is 2.29. The van der Waals surface area contributed by atoms with E-state index in [1.807, 2.05) is 12.1 Å². The zero-order chi connectivity index (χ0) is 26.1. The van der Waals surface area contributed by atoms with Crippen LogP contribution in [0.25, 0.3) is 28.2 Å². The first kappa shape index (κ1) is 23.9. The fourth-order valence-electron chi connectivity index (χ4n) is 4.62. The molecule has 12 nitrogen and oxygen atoms in total. The van der Waals surface area contributed by atoms with Gasteiger partial charge in [-0.15, -0.1) is 5.10 Å². The summed E-state index contributed by atoms with van der Waals surface area (Å²) in [7, 11) is 1.66. The minimum Gasteiger partial charge on any atom is -0.383 e. The monoisotopic (exact) mass is 530 g/mol. The van der Waals surface area contributed by atoms with E-state index in [9.17, 15) is 4.79 Å². The van der Waals surface area contributed by atoms with Gasteiger partial charge in [-0.1, -0.05) is 11.6 Å². The van der Waals surface area contributed by atoms with E-state index in [4.69, 9.17) is 21.3 Å². The summed E-state index contributed by atoms with van der Waals surface area (Å²) in [5.74, 6) is 2.16. The number of rotatable bonds is 8. The number of nitrogens with one attached hydrogen (secondary N) is 2. The molecule has 0 saturated heterocycles. The van der Waals surface area contributed by atoms with Crippen LogP contribution in [0.5, 0.6) is 0 Å². The number of aryl methyl sites for hydroxylation is 1. The van der Waals surface area contributed by atoms with E-state index in [2.05, 4.69) is 35.8 Å². The number of aromatic nitrogens is 9. The van der Waals surface area contributed by atoms with Crippen LogP contribution in [-0.2, 0) is 11.2 Å². The van der Waals surface area contributed by atoms with Crippen molar-refractivity contribution in [2.24, 2.45) is 0 Å². The molecule has 0 bridgehead atoms. The molecule has 2 N–H and O–H groups in total. The van der Waals surface area contributed by atoms with E-state index >= 15 is 0 Å². The third kappa shape index (κ3) is 4.55. The highest BCUT2D eigenvalue weighted by atomic mass is 35.5. The highest BCUT2D eigenvalue weighted by molar-refractivity contribution is 6.31. The largest absolute Gasteiger partial charge is 0.383 e. The first-order chi connectivity index (χ1) is 18.6. The van der Waals surface area contributed by atoms with E-state index in [-0.39, 0.29) is 11.6 Å². The summed E-state index contributed by atoms with van der Waals surface area (Å²) in [5.41, 5.74) is 3.42. The van der Waals surface area contributed by atoms with Crippen LogP contribution in [0.2, 0.25) is 5.02 Å². The van der Waals surface area contributed by atoms with Crippen molar-refractivity contribution in [1.82, 2.24) is 44.7 Å². The Morgan fingerprint density at radius 1 is 1.18 bits per heavy atom. The molecule has 1 aromatic carbocycles. The predicted octanol–water partition coefficient (Wildman–Crippen LogP) is 2.92. The fourth-order valence-corrected chi connectivity index (χ4v) is 4.79. The van der Waals surface area contributed by atoms with E-state index in [0.29, 0.717) is 59.6 Å². The maximum absolute atomic E-state index is 13.4. The molecule has 0 amide bonds. The second-order valence-corrected chi connectivity index (χ2v) is 9.21. The van der Waals surface area contributed by atoms with Crippen LogP contribution in [0.3, 0.4) is 0 Å². The van der Waals surface area contributed by atoms with Crippen molar-refractivity contribution in [3.63, 3.8) is 0 Å². The number of fused-ring (bicyclic) bond motifs is 1. The molecule has 6 rings (SSSR count). The van der Waals surface area contributed by atoms with E-state index in [1.165, 1.54) is 17.1 Å². The quantitative estimate of drug-likeness (QED) is 0.289. The summed E-state index contributed by atoms with van der Waals surface area (Å²) >= 11 is 6.28. The Bertz CT molecular complexity index is 1630. The van der Waals surface area contributed by atoms with E-state index < -0.39 is 0 Å². The molecule has 0 spiro atoms. The maximum Gasteiger partial charge on any atom is 0.254 e. The second-order valence-electron chi connectivity index (χ2n) is 8.77. The Kier molecular flexibility index (Phi) is 6.40. The average molecular weight is 531 g/mol. The number of hydrogen-bond donors (Lipinski definition) is 2. The topological polar surface area (TPSA) is 141 Å². The first-order valence-corrected chi connectivity index (χ1v) is 12.4. The van der Waals surface area contributed by atoms with Gasteiger partial charge in [0.05, 0.1) is 35.9 Å². The van der Waals surface area contributed by atoms with Gasteiger partial charge in [-0.2, -0.15) is 4.68 Å². The van der Waals surface area contributed by atoms with Gasteiger partial charge in [0.2, 0.25) is 0 Å². The number of imidazole rings is 1. The Balaban J connectivity index is 1.28. The molecule has 0 aliphatic carbocycles. The number of H-pyrrole nitrogens is 1. The molecule has 38 heavy (non-hydrogen) atoms. The number of anilines is 1. The minimum atomic E-state index is -0.242. The number of methoxy groups -OCH3 is 1. The van der Waals surface area contributed by atoms with Gasteiger partial charge in [0.1, 0.15) is 23.8 Å². The normalized spacial score (nSPS) is 14.5. The molecule has 192 valence electrons. The van der Waals surface area contributed by atoms with E-state index in [1.54, 1.807) is 42.3 Å². The third-order valence-electron chi connectivity index (χ3n) is 6.41. The van der Waals surface area contributed by atoms with Crippen molar-refractivity contribution in [3.8, 4) is 28.2 Å². The molecule has 1 aliphatic heterocycles. The molecule has 5 aromatic rings. The fraction of sp³-hybridized carbons (Fsp3) is 0.240. The first-order valence-electron chi connectivity index (χ1n) is 12.0. The molecule has 0 saturated carbocycles. The number of aromatic amines is 1. The van der Waals surface area contributed by atoms with Crippen molar-refractivity contribution in [3.05, 3.63) is 82.1 Å². The maximum atomic E-state index is 13.4. The molecule has 4 aromatic heterocycles. The number of nitrogens with zero attached hydrogens (tertiary/aromatic N) is 8. The summed E-state index contributed by atoms with van der Waals surface area (Å²) in [6.07, 6.45) is 6.36. The number of tetrazole rings is 1. The van der Waals surface area contributed by atoms with Gasteiger partial charge < -0.3 is 15.0 Å². The van der Waals surface area contributed by atoms with Gasteiger partial charge in [-0.3, -0.25) is 9.36 Å². The number of hydrogen-bond acceptors (Lipinski definition) is 9. The van der Waals surface area contributed by atoms with Crippen LogP contribution in [-0.4, -0.2) is 65.0 Å². The van der Waals surface area contributed by atoms with Crippen molar-refractivity contribution >= 4 is 17.4 Å². The van der Waals surface area contributed by atoms with Crippen molar-refractivity contribution in [2.45, 2.75) is 18.9 Å². The molecule has 5 heterocycles. The average Bonchev–Trinajstić information content (AvgIpc) is 3.70. The van der Waals surface area contributed by atoms with Crippen LogP contribution in [0.15, 0.2) is 59.9 Å². The van der Waals surface area contributed by atoms with Crippen molar-refractivity contribution in [1.29, 1.82) is 0 Å². The lowest BCUT2D eigenvalue weighted by molar-refractivity contribution is 0.210. The van der Waals surface area contributed by atoms with Gasteiger partial charge in [0.25, 0.3) is 5.56 Å². The lowest BCUT2D eigenvalue weighted by atomic mass is 10.1. The minimum absolute atomic E-state index is 0.166. The van der Waals surface area contributed by atoms with Crippen LogP contribution < -0.4 is 10.9 Å². The Hall–Kier alpha value is -4.42. The predicted molar refractivity (Wildman–Crippen MR) is 140 cm³/mol. The van der Waals surface area contributed by atoms with E-state index in [0.717, 1.165) is 17.1 Å². The molecule has 0 unspecified atom stereocenters. The van der Waals surface area contributed by atoms with Crippen molar-refractivity contribution in [2.75, 3.05) is 25.6 Å². The standard InChI is InChI=1S/C25H23ClN10O2/c1-38-9-8-27-22-6-2-15(12-28-22)19-13-29-25(32-19)21-5-7-23-31-18(11-24(37)36(21)23)17-10-16(26)3-4-20(17)35-14-30-33-34-35/h2-4,6,10-14,21H,5,7-9H2,1H3,(H,27,28)(H,29,32)/t21-/m0/s1. The number of halogens is 1. The smallest absolute Gasteiger partial charge is 0.254 e. The van der Waals surface area contributed by atoms with Crippen LogP contribution in [0.4, 0.5) is 5.82 Å². The van der Waals surface area contributed by atoms with Crippen LogP contribution in [0.1, 0.15) is 24.1 Å². The van der Waals surface area contributed by atoms with Gasteiger partial charge in [0.15, 0.2) is 0 Å². The lowest BCUT2D eigenvalue weighted by Gasteiger charge is -2.14. The summed E-state index contributed by atoms with van der Waals surface area (Å²) in [5, 5.41) is 15.1. The summed E-state index contributed by atoms with van der Waals surface area (Å²) in [4.78, 5) is 30.6. The second kappa shape index (κ2) is 10.1. The Morgan fingerprint density at radius 2 is 2.11 bits per heavy atom. The van der Waals surface area contributed by atoms with Crippen LogP contribution in [0, 0.1) is 0 Å². The summed E-state index contributed by atoms with van der Waals surface area (Å²) in [6.45, 7) is 1.28. The third-order valence-corrected chi connectivity index (χ3v) is 6.64. The number of pyridine rings is 1. The van der Waals surface area contributed by atoms with Gasteiger partial charge >= 0.3 is 0 Å². The Labute approximate surface area is 221 Å². The molecule has 0 radical (unpaired) electrons. The lowest BCUT2D eigenvalue weighted by Crippen LogP contribution is -2.25. The van der Waals surface area contributed by atoms with Crippen LogP contribution >= 0.6 is 11.6 Å². The molecular weight excluding hydrogens is 508 g/mol. The van der Waals surface area contributed by atoms with Gasteiger partial charge in [-0.25, -0.2) is 15.0 Å². The molecule has 1 aliphatic rings. The SMILES string of the molecule is COCCNc1ccc(-c2cnc([C@@H]3CCc4nc(-c5cc(Cl)ccc5-n5cnnn5)cc(=O)n43)[nH]2)cn1. The Morgan fingerprint density at radius 3 is 2.89 bits per heavy atom. The number of benzene rings is 1. The zero-order valence-corrected chi connectivity index (χ0v) is 21.1. The van der Waals surface area contributed by atoms with Gasteiger partial charge in [0, 0.05) is 48.5 Å². The molecule has 1 atom stereocenters. The zero-order valence-electron chi connectivity index (χ0n) is 20.4. The van der Waals surface area contributed by atoms with Gasteiger partial charge in [-0.05, 0) is 47.2 Å². The summed E-state index contributed by atoms with van der Waals surface area (Å²) < 4.78 is 8.27. The molecule has 0 fully saturated rings. The molecular formula is C25H23ClN10O2. The number of ether oxygens (including phenoxy) is 1. The summed E-state index contributed by atoms with van der Waals surface area (Å²) in [6, 6.07) is 10.5. The highest BCUT2D eigenvalue weighted by Crippen LogP contribution is 2.32. The van der Waals surface area contributed by atoms with Crippen molar-refractivity contribution < 1.29 is 4.74 Å².